The van der Waals surface area contributed by atoms with Crippen LogP contribution >= 0.6 is 11.3 Å². The summed E-state index contributed by atoms with van der Waals surface area (Å²) in [6, 6.07) is 17.2. The molecular formula is C29H31N5O4S. The number of hydrogen-bond donors (Lipinski definition) is 1. The van der Waals surface area contributed by atoms with E-state index in [1.165, 1.54) is 24.9 Å². The van der Waals surface area contributed by atoms with Gasteiger partial charge in [0.1, 0.15) is 18.1 Å². The summed E-state index contributed by atoms with van der Waals surface area (Å²) < 4.78 is 6.40. The number of methoxy groups -OCH3 is 1. The zero-order valence-corrected chi connectivity index (χ0v) is 22.6. The van der Waals surface area contributed by atoms with Crippen LogP contribution in [0.4, 0.5) is 0 Å². The van der Waals surface area contributed by atoms with Crippen molar-refractivity contribution in [2.24, 2.45) is 0 Å². The van der Waals surface area contributed by atoms with E-state index < -0.39 is 12.0 Å². The minimum atomic E-state index is -0.900. The first-order chi connectivity index (χ1) is 19.0. The summed E-state index contributed by atoms with van der Waals surface area (Å²) in [4.78, 5) is 42.6. The molecule has 39 heavy (non-hydrogen) atoms. The van der Waals surface area contributed by atoms with E-state index in [0.717, 1.165) is 36.1 Å². The number of nitrogens with zero attached hydrogens (tertiary/aromatic N) is 4. The largest absolute Gasteiger partial charge is 0.465 e. The van der Waals surface area contributed by atoms with Crippen molar-refractivity contribution in [1.82, 2.24) is 25.2 Å². The second-order valence-electron chi connectivity index (χ2n) is 9.70. The molecule has 10 heteroatoms. The molecule has 1 aliphatic carbocycles. The Kier molecular flexibility index (Phi) is 8.31. The van der Waals surface area contributed by atoms with E-state index in [-0.39, 0.29) is 30.9 Å². The van der Waals surface area contributed by atoms with E-state index in [4.69, 9.17) is 4.74 Å². The van der Waals surface area contributed by atoms with E-state index in [9.17, 15) is 14.4 Å². The summed E-state index contributed by atoms with van der Waals surface area (Å²) in [7, 11) is 1.33. The monoisotopic (exact) mass is 545 g/mol. The van der Waals surface area contributed by atoms with Gasteiger partial charge in [0, 0.05) is 10.9 Å². The zero-order valence-electron chi connectivity index (χ0n) is 21.8. The Bertz CT molecular complexity index is 1430. The first kappa shape index (κ1) is 26.6. The fraction of sp³-hybridized carbons (Fsp3) is 0.345. The lowest BCUT2D eigenvalue weighted by molar-refractivity contribution is -0.142. The number of aromatic nitrogens is 3. The van der Waals surface area contributed by atoms with E-state index >= 15 is 0 Å². The summed E-state index contributed by atoms with van der Waals surface area (Å²) in [5, 5.41) is 13.5. The van der Waals surface area contributed by atoms with Crippen molar-refractivity contribution in [3.05, 3.63) is 82.0 Å². The van der Waals surface area contributed by atoms with Gasteiger partial charge in [0.05, 0.1) is 24.7 Å². The van der Waals surface area contributed by atoms with E-state index in [1.807, 2.05) is 41.8 Å². The fourth-order valence-electron chi connectivity index (χ4n) is 5.07. The molecule has 1 atom stereocenters. The van der Waals surface area contributed by atoms with Gasteiger partial charge < -0.3 is 15.0 Å². The summed E-state index contributed by atoms with van der Waals surface area (Å²) in [5.74, 6) is -0.963. The molecule has 202 valence electrons. The molecule has 0 spiro atoms. The molecule has 4 aromatic rings. The Morgan fingerprint density at radius 1 is 1.05 bits per heavy atom. The van der Waals surface area contributed by atoms with Gasteiger partial charge in [-0.3, -0.25) is 9.59 Å². The van der Waals surface area contributed by atoms with Crippen LogP contribution in [0.25, 0.3) is 11.0 Å². The van der Waals surface area contributed by atoms with Crippen LogP contribution in [0.1, 0.15) is 58.9 Å². The van der Waals surface area contributed by atoms with Crippen molar-refractivity contribution >= 4 is 40.2 Å². The number of thiophene rings is 1. The van der Waals surface area contributed by atoms with Crippen molar-refractivity contribution in [2.45, 2.75) is 57.3 Å². The third-order valence-corrected chi connectivity index (χ3v) is 7.95. The average molecular weight is 546 g/mol. The highest BCUT2D eigenvalue weighted by Gasteiger charge is 2.34. The number of fused-ring (bicyclic) bond motifs is 1. The van der Waals surface area contributed by atoms with Gasteiger partial charge >= 0.3 is 5.97 Å². The molecule has 2 amide bonds. The standard InChI is InChI=1S/C29H31N5O4S/c1-38-29(37)21-15-13-20(14-16-21)27(28(36)30-22-8-3-2-4-9-22)33(18-23-10-7-17-39-23)26(35)19-34-25-12-6-5-11-24(25)31-32-34/h5-7,10-17,22,27H,2-4,8-9,18-19H2,1H3,(H,30,36)/t27-/m0/s1. The number of hydrogen-bond acceptors (Lipinski definition) is 7. The average Bonchev–Trinajstić information content (AvgIpc) is 3.63. The number of benzene rings is 2. The highest BCUT2D eigenvalue weighted by Crippen LogP contribution is 2.28. The predicted octanol–water partition coefficient (Wildman–Crippen LogP) is 4.50. The molecule has 0 radical (unpaired) electrons. The smallest absolute Gasteiger partial charge is 0.337 e. The summed E-state index contributed by atoms with van der Waals surface area (Å²) in [6.45, 7) is 0.185. The Morgan fingerprint density at radius 3 is 2.54 bits per heavy atom. The van der Waals surface area contributed by atoms with E-state index in [2.05, 4.69) is 15.6 Å². The van der Waals surface area contributed by atoms with Gasteiger partial charge in [0.2, 0.25) is 11.8 Å². The van der Waals surface area contributed by atoms with Crippen LogP contribution in [0.5, 0.6) is 0 Å². The Hall–Kier alpha value is -4.05. The number of carbonyl (C=O) groups is 3. The van der Waals surface area contributed by atoms with Crippen molar-refractivity contribution in [1.29, 1.82) is 0 Å². The maximum Gasteiger partial charge on any atom is 0.337 e. The van der Waals surface area contributed by atoms with Crippen LogP contribution in [-0.2, 0) is 27.4 Å². The lowest BCUT2D eigenvalue weighted by atomic mass is 9.94. The predicted molar refractivity (Wildman–Crippen MR) is 148 cm³/mol. The van der Waals surface area contributed by atoms with Gasteiger partial charge in [-0.05, 0) is 54.1 Å². The van der Waals surface area contributed by atoms with Crippen molar-refractivity contribution in [3.63, 3.8) is 0 Å². The van der Waals surface area contributed by atoms with Gasteiger partial charge in [0.25, 0.3) is 0 Å². The molecule has 1 fully saturated rings. The maximum absolute atomic E-state index is 14.0. The number of nitrogens with one attached hydrogen (secondary N) is 1. The van der Waals surface area contributed by atoms with E-state index in [0.29, 0.717) is 16.6 Å². The van der Waals surface area contributed by atoms with Crippen LogP contribution in [0.15, 0.2) is 66.0 Å². The molecule has 1 saturated carbocycles. The third kappa shape index (κ3) is 6.17. The number of rotatable bonds is 9. The van der Waals surface area contributed by atoms with Gasteiger partial charge in [-0.2, -0.15) is 0 Å². The van der Waals surface area contributed by atoms with Crippen molar-refractivity contribution < 1.29 is 19.1 Å². The molecule has 2 heterocycles. The SMILES string of the molecule is COC(=O)c1ccc([C@@H](C(=O)NC2CCCCC2)N(Cc2cccs2)C(=O)Cn2nnc3ccccc32)cc1. The van der Waals surface area contributed by atoms with E-state index in [1.54, 1.807) is 33.8 Å². The van der Waals surface area contributed by atoms with Gasteiger partial charge in [-0.1, -0.05) is 54.8 Å². The quantitative estimate of drug-likeness (QED) is 0.311. The first-order valence-corrected chi connectivity index (χ1v) is 14.0. The fourth-order valence-corrected chi connectivity index (χ4v) is 5.77. The molecule has 0 saturated heterocycles. The lowest BCUT2D eigenvalue weighted by Crippen LogP contribution is -2.47. The summed E-state index contributed by atoms with van der Waals surface area (Å²) in [5.41, 5.74) is 2.43. The topological polar surface area (TPSA) is 106 Å². The highest BCUT2D eigenvalue weighted by atomic mass is 32.1. The van der Waals surface area contributed by atoms with Crippen molar-refractivity contribution in [3.8, 4) is 0 Å². The second-order valence-corrected chi connectivity index (χ2v) is 10.7. The van der Waals surface area contributed by atoms with Crippen LogP contribution in [0, 0.1) is 0 Å². The van der Waals surface area contributed by atoms with Gasteiger partial charge in [-0.15, -0.1) is 16.4 Å². The molecule has 2 aromatic carbocycles. The molecule has 1 N–H and O–H groups in total. The molecule has 1 aliphatic rings. The number of para-hydroxylation sites is 1. The third-order valence-electron chi connectivity index (χ3n) is 7.09. The Morgan fingerprint density at radius 2 is 1.82 bits per heavy atom. The zero-order chi connectivity index (χ0) is 27.2. The molecular weight excluding hydrogens is 514 g/mol. The van der Waals surface area contributed by atoms with Crippen molar-refractivity contribution in [2.75, 3.05) is 7.11 Å². The number of amides is 2. The van der Waals surface area contributed by atoms with Crippen LogP contribution in [0.2, 0.25) is 0 Å². The van der Waals surface area contributed by atoms with Crippen LogP contribution in [0.3, 0.4) is 0 Å². The summed E-state index contributed by atoms with van der Waals surface area (Å²) in [6.07, 6.45) is 5.15. The maximum atomic E-state index is 14.0. The number of carbonyl (C=O) groups excluding carboxylic acids is 3. The van der Waals surface area contributed by atoms with Crippen LogP contribution < -0.4 is 5.32 Å². The minimum absolute atomic E-state index is 0.0701. The van der Waals surface area contributed by atoms with Crippen LogP contribution in [-0.4, -0.2) is 50.8 Å². The molecule has 9 nitrogen and oxygen atoms in total. The van der Waals surface area contributed by atoms with Gasteiger partial charge in [-0.25, -0.2) is 9.48 Å². The molecule has 0 aliphatic heterocycles. The Labute approximate surface area is 230 Å². The lowest BCUT2D eigenvalue weighted by Gasteiger charge is -2.33. The number of ether oxygens (including phenoxy) is 1. The second kappa shape index (κ2) is 12.2. The van der Waals surface area contributed by atoms with Gasteiger partial charge in [0.15, 0.2) is 0 Å². The normalized spacial score (nSPS) is 14.6. The molecule has 5 rings (SSSR count). The Balaban J connectivity index is 1.51. The molecule has 0 bridgehead atoms. The molecule has 0 unspecified atom stereocenters. The molecule has 2 aromatic heterocycles. The highest BCUT2D eigenvalue weighted by molar-refractivity contribution is 7.09. The minimum Gasteiger partial charge on any atom is -0.465 e. The summed E-state index contributed by atoms with van der Waals surface area (Å²) >= 11 is 1.53. The number of esters is 1. The first-order valence-electron chi connectivity index (χ1n) is 13.1.